The molecule has 0 unspecified atom stereocenters. The third-order valence-corrected chi connectivity index (χ3v) is 2.75. The van der Waals surface area contributed by atoms with Crippen molar-refractivity contribution in [1.29, 1.82) is 0 Å². The van der Waals surface area contributed by atoms with E-state index < -0.39 is 0 Å². The molecular weight excluding hydrogens is 263 g/mol. The number of anilines is 1. The Morgan fingerprint density at radius 3 is 2.50 bits per heavy atom. The Labute approximate surface area is 145 Å². The summed E-state index contributed by atoms with van der Waals surface area (Å²) in [6.07, 6.45) is 2.32. The van der Waals surface area contributed by atoms with Crippen LogP contribution in [-0.2, 0) is 4.74 Å². The van der Waals surface area contributed by atoms with E-state index in [2.05, 4.69) is 12.2 Å². The normalized spacial score (nSPS) is 10.0. The van der Waals surface area contributed by atoms with Crippen LogP contribution in [0.4, 0.5) is 5.69 Å². The third-order valence-electron chi connectivity index (χ3n) is 2.75. The second-order valence-electron chi connectivity index (χ2n) is 4.80. The van der Waals surface area contributed by atoms with Gasteiger partial charge in [0.1, 0.15) is 6.61 Å². The van der Waals surface area contributed by atoms with E-state index in [0.29, 0.717) is 12.2 Å². The van der Waals surface area contributed by atoms with Crippen LogP contribution in [0.5, 0.6) is 0 Å². The minimum absolute atomic E-state index is 0. The summed E-state index contributed by atoms with van der Waals surface area (Å²) in [6.45, 7) is 4.28. The van der Waals surface area contributed by atoms with Crippen molar-refractivity contribution >= 4 is 11.7 Å². The molecule has 0 spiro atoms. The van der Waals surface area contributed by atoms with Crippen LogP contribution >= 0.6 is 0 Å². The summed E-state index contributed by atoms with van der Waals surface area (Å²) in [7, 11) is 3.90. The maximum absolute atomic E-state index is 11.7. The molecule has 5 heteroatoms. The first kappa shape index (κ1) is 19.4. The summed E-state index contributed by atoms with van der Waals surface area (Å²) in [5, 5.41) is 3.31. The number of ether oxygens (including phenoxy) is 1. The van der Waals surface area contributed by atoms with Crippen LogP contribution in [0.25, 0.3) is 0 Å². The predicted octanol–water partition coefficient (Wildman–Crippen LogP) is -0.266. The SMILES string of the molecule is CCCCNc1ccc(C(=O)OCCN(C)C)cc1.[H-].[Na+]. The van der Waals surface area contributed by atoms with E-state index in [-0.39, 0.29) is 37.0 Å². The standard InChI is InChI=1S/C15H24N2O2.Na.H/c1-4-5-10-16-14-8-6-13(7-9-14)15(18)19-12-11-17(2)3;;/h6-9,16H,4-5,10-12H2,1-3H3;;/q;+1;-1. The van der Waals surface area contributed by atoms with Crippen LogP contribution in [0.15, 0.2) is 24.3 Å². The van der Waals surface area contributed by atoms with E-state index in [1.54, 1.807) is 12.1 Å². The molecule has 1 rings (SSSR count). The Kier molecular flexibility index (Phi) is 10.8. The fourth-order valence-corrected chi connectivity index (χ4v) is 1.54. The molecule has 0 fully saturated rings. The van der Waals surface area contributed by atoms with Gasteiger partial charge in [0, 0.05) is 18.8 Å². The Hall–Kier alpha value is -0.550. The Morgan fingerprint density at radius 2 is 1.95 bits per heavy atom. The van der Waals surface area contributed by atoms with E-state index in [0.717, 1.165) is 25.2 Å². The summed E-state index contributed by atoms with van der Waals surface area (Å²) < 4.78 is 5.18. The number of nitrogens with zero attached hydrogens (tertiary/aromatic N) is 1. The van der Waals surface area contributed by atoms with Crippen molar-refractivity contribution in [3.8, 4) is 0 Å². The van der Waals surface area contributed by atoms with E-state index in [4.69, 9.17) is 4.74 Å². The molecule has 0 aliphatic heterocycles. The molecule has 0 atom stereocenters. The molecular formula is C15H25N2NaO2. The molecule has 0 radical (unpaired) electrons. The summed E-state index contributed by atoms with van der Waals surface area (Å²) >= 11 is 0. The minimum Gasteiger partial charge on any atom is -1.00 e. The van der Waals surface area contributed by atoms with Gasteiger partial charge in [-0.15, -0.1) is 0 Å². The summed E-state index contributed by atoms with van der Waals surface area (Å²) in [4.78, 5) is 13.7. The first-order valence-corrected chi connectivity index (χ1v) is 6.79. The second-order valence-corrected chi connectivity index (χ2v) is 4.80. The number of esters is 1. The molecule has 4 nitrogen and oxygen atoms in total. The molecule has 1 N–H and O–H groups in total. The number of benzene rings is 1. The van der Waals surface area contributed by atoms with Crippen molar-refractivity contribution in [1.82, 2.24) is 4.90 Å². The van der Waals surface area contributed by atoms with Gasteiger partial charge >= 0.3 is 35.5 Å². The van der Waals surface area contributed by atoms with E-state index in [1.165, 1.54) is 6.42 Å². The van der Waals surface area contributed by atoms with Crippen molar-refractivity contribution in [3.05, 3.63) is 29.8 Å². The summed E-state index contributed by atoms with van der Waals surface area (Å²) in [5.41, 5.74) is 1.64. The van der Waals surface area contributed by atoms with Crippen LogP contribution in [0.3, 0.4) is 0 Å². The molecule has 0 saturated heterocycles. The second kappa shape index (κ2) is 11.1. The van der Waals surface area contributed by atoms with Gasteiger partial charge in [-0.05, 0) is 44.8 Å². The van der Waals surface area contributed by atoms with Gasteiger partial charge < -0.3 is 16.4 Å². The quantitative estimate of drug-likeness (QED) is 0.406. The van der Waals surface area contributed by atoms with Crippen LogP contribution in [0.1, 0.15) is 31.6 Å². The van der Waals surface area contributed by atoms with E-state index >= 15 is 0 Å². The molecule has 0 aliphatic rings. The molecule has 0 aliphatic carbocycles. The Balaban J connectivity index is 0. The number of hydrogen-bond donors (Lipinski definition) is 1. The monoisotopic (exact) mass is 288 g/mol. The Morgan fingerprint density at radius 1 is 1.30 bits per heavy atom. The zero-order valence-corrected chi connectivity index (χ0v) is 15.1. The number of unbranched alkanes of at least 4 members (excludes halogenated alkanes) is 1. The average molecular weight is 288 g/mol. The smallest absolute Gasteiger partial charge is 1.00 e. The predicted molar refractivity (Wildman–Crippen MR) is 79.8 cm³/mol. The number of nitrogens with one attached hydrogen (secondary N) is 1. The van der Waals surface area contributed by atoms with Crippen molar-refractivity contribution in [2.24, 2.45) is 0 Å². The first-order chi connectivity index (χ1) is 9.13. The van der Waals surface area contributed by atoms with Crippen molar-refractivity contribution < 1.29 is 40.5 Å². The van der Waals surface area contributed by atoms with Crippen molar-refractivity contribution in [2.75, 3.05) is 39.1 Å². The van der Waals surface area contributed by atoms with Crippen molar-refractivity contribution in [2.45, 2.75) is 19.8 Å². The van der Waals surface area contributed by atoms with Gasteiger partial charge in [-0.25, -0.2) is 4.79 Å². The zero-order chi connectivity index (χ0) is 14.1. The molecule has 0 heterocycles. The molecule has 1 aromatic rings. The number of hydrogen-bond acceptors (Lipinski definition) is 4. The maximum atomic E-state index is 11.7. The fourth-order valence-electron chi connectivity index (χ4n) is 1.54. The number of likely N-dealkylation sites (N-methyl/N-ethyl adjacent to an activating group) is 1. The van der Waals surface area contributed by atoms with Crippen molar-refractivity contribution in [3.63, 3.8) is 0 Å². The summed E-state index contributed by atoms with van der Waals surface area (Å²) in [6, 6.07) is 7.43. The van der Waals surface area contributed by atoms with Crippen LogP contribution in [0.2, 0.25) is 0 Å². The van der Waals surface area contributed by atoms with Crippen LogP contribution in [0, 0.1) is 0 Å². The molecule has 1 aromatic carbocycles. The average Bonchev–Trinajstić information content (AvgIpc) is 2.39. The van der Waals surface area contributed by atoms with Gasteiger partial charge in [-0.2, -0.15) is 0 Å². The topological polar surface area (TPSA) is 41.6 Å². The Bertz CT molecular complexity index is 386. The zero-order valence-electron chi connectivity index (χ0n) is 14.1. The molecule has 0 saturated carbocycles. The van der Waals surface area contributed by atoms with Gasteiger partial charge in [0.05, 0.1) is 5.56 Å². The minimum atomic E-state index is -0.262. The number of carbonyl (C=O) groups is 1. The number of rotatable bonds is 8. The van der Waals surface area contributed by atoms with Crippen LogP contribution < -0.4 is 34.9 Å². The molecule has 20 heavy (non-hydrogen) atoms. The molecule has 0 amide bonds. The fraction of sp³-hybridized carbons (Fsp3) is 0.533. The largest absolute Gasteiger partial charge is 1.00 e. The van der Waals surface area contributed by atoms with Gasteiger partial charge in [-0.1, -0.05) is 13.3 Å². The van der Waals surface area contributed by atoms with Crippen LogP contribution in [-0.4, -0.2) is 44.7 Å². The van der Waals surface area contributed by atoms with Gasteiger partial charge in [0.2, 0.25) is 0 Å². The summed E-state index contributed by atoms with van der Waals surface area (Å²) in [5.74, 6) is -0.262. The van der Waals surface area contributed by atoms with Gasteiger partial charge in [0.25, 0.3) is 0 Å². The van der Waals surface area contributed by atoms with E-state index in [9.17, 15) is 4.79 Å². The molecule has 0 bridgehead atoms. The third kappa shape index (κ3) is 7.90. The first-order valence-electron chi connectivity index (χ1n) is 6.79. The molecule has 0 aromatic heterocycles. The molecule has 108 valence electrons. The maximum Gasteiger partial charge on any atom is 1.00 e. The van der Waals surface area contributed by atoms with Gasteiger partial charge in [0.15, 0.2) is 0 Å². The van der Waals surface area contributed by atoms with E-state index in [1.807, 2.05) is 31.1 Å². The van der Waals surface area contributed by atoms with Gasteiger partial charge in [-0.3, -0.25) is 0 Å². The number of carbonyl (C=O) groups excluding carboxylic acids is 1.